The van der Waals surface area contributed by atoms with Crippen molar-refractivity contribution in [3.63, 3.8) is 0 Å². The van der Waals surface area contributed by atoms with E-state index >= 15 is 0 Å². The third-order valence-corrected chi connectivity index (χ3v) is 4.88. The van der Waals surface area contributed by atoms with Crippen LogP contribution in [0.4, 0.5) is 5.69 Å². The topological polar surface area (TPSA) is 75.7 Å². The van der Waals surface area contributed by atoms with E-state index < -0.39 is 10.0 Å². The smallest absolute Gasteiger partial charge is 0.225 e. The van der Waals surface area contributed by atoms with E-state index in [0.717, 1.165) is 11.8 Å². The Morgan fingerprint density at radius 1 is 1.08 bits per heavy atom. The lowest BCUT2D eigenvalue weighted by molar-refractivity contribution is -0.116. The molecule has 1 amide bonds. The van der Waals surface area contributed by atoms with Crippen LogP contribution in [0, 0.1) is 0 Å². The summed E-state index contributed by atoms with van der Waals surface area (Å²) in [4.78, 5) is 12.0. The number of sulfonamides is 1. The van der Waals surface area contributed by atoms with Gasteiger partial charge in [0.25, 0.3) is 0 Å². The zero-order chi connectivity index (χ0) is 18.3. The van der Waals surface area contributed by atoms with Gasteiger partial charge in [0.05, 0.1) is 13.4 Å². The normalized spacial score (nSPS) is 11.3. The zero-order valence-corrected chi connectivity index (χ0v) is 15.1. The fourth-order valence-electron chi connectivity index (χ4n) is 2.27. The Kier molecular flexibility index (Phi) is 6.55. The number of hydrogen-bond donors (Lipinski definition) is 1. The largest absolute Gasteiger partial charge is 0.497 e. The number of ether oxygens (including phenoxy) is 1. The fraction of sp³-hybridized carbons (Fsp3) is 0.278. The zero-order valence-electron chi connectivity index (χ0n) is 14.3. The van der Waals surface area contributed by atoms with Gasteiger partial charge in [0.2, 0.25) is 15.9 Å². The highest BCUT2D eigenvalue weighted by Crippen LogP contribution is 2.15. The predicted molar refractivity (Wildman–Crippen MR) is 97.9 cm³/mol. The fourth-order valence-corrected chi connectivity index (χ4v) is 3.07. The van der Waals surface area contributed by atoms with Gasteiger partial charge in [0.1, 0.15) is 5.75 Å². The van der Waals surface area contributed by atoms with Gasteiger partial charge in [0.15, 0.2) is 0 Å². The molecule has 1 N–H and O–H groups in total. The number of carbonyl (C=O) groups is 1. The monoisotopic (exact) mass is 362 g/mol. The predicted octanol–water partition coefficient (Wildman–Crippen LogP) is 2.49. The highest BCUT2D eigenvalue weighted by molar-refractivity contribution is 7.88. The molecule has 25 heavy (non-hydrogen) atoms. The van der Waals surface area contributed by atoms with Crippen LogP contribution in [0.25, 0.3) is 0 Å². The van der Waals surface area contributed by atoms with Crippen LogP contribution in [-0.4, -0.2) is 38.5 Å². The molecule has 2 aromatic carbocycles. The average molecular weight is 362 g/mol. The van der Waals surface area contributed by atoms with Gasteiger partial charge in [-0.25, -0.2) is 8.42 Å². The molecule has 0 bridgehead atoms. The van der Waals surface area contributed by atoms with Crippen molar-refractivity contribution in [2.24, 2.45) is 0 Å². The van der Waals surface area contributed by atoms with Gasteiger partial charge >= 0.3 is 0 Å². The molecule has 0 aliphatic rings. The van der Waals surface area contributed by atoms with E-state index in [4.69, 9.17) is 4.74 Å². The van der Waals surface area contributed by atoms with Crippen molar-refractivity contribution < 1.29 is 17.9 Å². The van der Waals surface area contributed by atoms with Gasteiger partial charge in [-0.3, -0.25) is 4.79 Å². The number of benzene rings is 2. The van der Waals surface area contributed by atoms with Gasteiger partial charge in [-0.05, 0) is 29.8 Å². The van der Waals surface area contributed by atoms with Crippen LogP contribution in [0.5, 0.6) is 5.75 Å². The van der Waals surface area contributed by atoms with E-state index in [2.05, 4.69) is 5.32 Å². The number of nitrogens with one attached hydrogen (secondary N) is 1. The molecule has 2 aromatic rings. The van der Waals surface area contributed by atoms with E-state index in [1.807, 2.05) is 18.2 Å². The lowest BCUT2D eigenvalue weighted by Crippen LogP contribution is -2.32. The molecule has 134 valence electrons. The second-order valence-corrected chi connectivity index (χ2v) is 7.59. The van der Waals surface area contributed by atoms with Crippen molar-refractivity contribution in [2.75, 3.05) is 25.2 Å². The molecule has 0 saturated heterocycles. The maximum Gasteiger partial charge on any atom is 0.225 e. The summed E-state index contributed by atoms with van der Waals surface area (Å²) < 4.78 is 30.4. The Bertz CT molecular complexity index is 790. The first-order valence-corrected chi connectivity index (χ1v) is 9.66. The Morgan fingerprint density at radius 2 is 1.72 bits per heavy atom. The van der Waals surface area contributed by atoms with Crippen LogP contribution >= 0.6 is 0 Å². The summed E-state index contributed by atoms with van der Waals surface area (Å²) in [6.45, 7) is 0.324. The average Bonchev–Trinajstić information content (AvgIpc) is 2.59. The standard InChI is InChI=1S/C18H22N2O4S/c1-24-17-10-8-15(9-11-17)14-20(25(2,22)23)13-12-18(21)19-16-6-4-3-5-7-16/h3-11H,12-14H2,1-2H3,(H,19,21). The number of methoxy groups -OCH3 is 1. The van der Waals surface area contributed by atoms with Gasteiger partial charge in [-0.15, -0.1) is 0 Å². The number of anilines is 1. The van der Waals surface area contributed by atoms with Crippen LogP contribution in [-0.2, 0) is 21.4 Å². The summed E-state index contributed by atoms with van der Waals surface area (Å²) in [5, 5.41) is 2.75. The quantitative estimate of drug-likeness (QED) is 0.783. The number of para-hydroxylation sites is 1. The lowest BCUT2D eigenvalue weighted by atomic mass is 10.2. The molecule has 0 fully saturated rings. The van der Waals surface area contributed by atoms with Crippen LogP contribution in [0.3, 0.4) is 0 Å². The minimum Gasteiger partial charge on any atom is -0.497 e. The van der Waals surface area contributed by atoms with Crippen LogP contribution in [0.2, 0.25) is 0 Å². The summed E-state index contributed by atoms with van der Waals surface area (Å²) in [5.41, 5.74) is 1.52. The summed E-state index contributed by atoms with van der Waals surface area (Å²) in [7, 11) is -1.85. The molecular formula is C18H22N2O4S. The van der Waals surface area contributed by atoms with Crippen molar-refractivity contribution in [1.82, 2.24) is 4.31 Å². The third-order valence-electron chi connectivity index (χ3n) is 3.63. The second kappa shape index (κ2) is 8.64. The Morgan fingerprint density at radius 3 is 2.28 bits per heavy atom. The van der Waals surface area contributed by atoms with E-state index in [9.17, 15) is 13.2 Å². The number of carbonyl (C=O) groups excluding carboxylic acids is 1. The lowest BCUT2D eigenvalue weighted by Gasteiger charge is -2.20. The van der Waals surface area contributed by atoms with Gasteiger partial charge in [0, 0.05) is 25.2 Å². The molecule has 0 aliphatic heterocycles. The molecule has 7 heteroatoms. The molecule has 6 nitrogen and oxygen atoms in total. The van der Waals surface area contributed by atoms with Crippen molar-refractivity contribution in [3.05, 3.63) is 60.2 Å². The summed E-state index contributed by atoms with van der Waals surface area (Å²) in [5.74, 6) is 0.478. The molecule has 0 atom stereocenters. The van der Waals surface area contributed by atoms with E-state index in [1.54, 1.807) is 43.5 Å². The van der Waals surface area contributed by atoms with Crippen molar-refractivity contribution in [3.8, 4) is 5.75 Å². The van der Waals surface area contributed by atoms with Crippen molar-refractivity contribution in [1.29, 1.82) is 0 Å². The van der Waals surface area contributed by atoms with Gasteiger partial charge in [-0.2, -0.15) is 4.31 Å². The maximum absolute atomic E-state index is 12.0. The maximum atomic E-state index is 12.0. The number of nitrogens with zero attached hydrogens (tertiary/aromatic N) is 1. The summed E-state index contributed by atoms with van der Waals surface area (Å²) >= 11 is 0. The van der Waals surface area contributed by atoms with Crippen molar-refractivity contribution in [2.45, 2.75) is 13.0 Å². The van der Waals surface area contributed by atoms with Gasteiger partial charge in [-0.1, -0.05) is 30.3 Å². The first-order chi connectivity index (χ1) is 11.9. The number of amides is 1. The Hall–Kier alpha value is -2.38. The summed E-state index contributed by atoms with van der Waals surface area (Å²) in [6, 6.07) is 16.2. The molecule has 0 aliphatic carbocycles. The second-order valence-electron chi connectivity index (χ2n) is 5.61. The molecular weight excluding hydrogens is 340 g/mol. The molecule has 0 saturated carbocycles. The third kappa shape index (κ3) is 6.21. The molecule has 0 unspecified atom stereocenters. The van der Waals surface area contributed by atoms with Crippen molar-refractivity contribution >= 4 is 21.6 Å². The van der Waals surface area contributed by atoms with Crippen LogP contribution in [0.15, 0.2) is 54.6 Å². The van der Waals surface area contributed by atoms with E-state index in [-0.39, 0.29) is 25.4 Å². The van der Waals surface area contributed by atoms with Crippen LogP contribution in [0.1, 0.15) is 12.0 Å². The minimum atomic E-state index is -3.43. The summed E-state index contributed by atoms with van der Waals surface area (Å²) in [6.07, 6.45) is 1.23. The van der Waals surface area contributed by atoms with Crippen LogP contribution < -0.4 is 10.1 Å². The molecule has 0 radical (unpaired) electrons. The molecule has 0 spiro atoms. The first-order valence-electron chi connectivity index (χ1n) is 7.81. The first kappa shape index (κ1) is 19.0. The minimum absolute atomic E-state index is 0.0815. The SMILES string of the molecule is COc1ccc(CN(CCC(=O)Nc2ccccc2)S(C)(=O)=O)cc1. The number of hydrogen-bond acceptors (Lipinski definition) is 4. The Balaban J connectivity index is 1.97. The highest BCUT2D eigenvalue weighted by atomic mass is 32.2. The molecule has 0 heterocycles. The van der Waals surface area contributed by atoms with E-state index in [1.165, 1.54) is 4.31 Å². The molecule has 2 rings (SSSR count). The molecule has 0 aromatic heterocycles. The highest BCUT2D eigenvalue weighted by Gasteiger charge is 2.18. The van der Waals surface area contributed by atoms with Gasteiger partial charge < -0.3 is 10.1 Å². The van der Waals surface area contributed by atoms with E-state index in [0.29, 0.717) is 11.4 Å². The Labute approximate surface area is 148 Å². The number of rotatable bonds is 8.